The van der Waals surface area contributed by atoms with Gasteiger partial charge in [0.15, 0.2) is 12.2 Å². The lowest BCUT2D eigenvalue weighted by Crippen LogP contribution is -2.34. The van der Waals surface area contributed by atoms with Crippen molar-refractivity contribution < 1.29 is 9.21 Å². The Morgan fingerprint density at radius 1 is 1.39 bits per heavy atom. The number of rotatable bonds is 1. The third-order valence-corrected chi connectivity index (χ3v) is 3.10. The van der Waals surface area contributed by atoms with Crippen molar-refractivity contribution in [2.45, 2.75) is 19.3 Å². The Morgan fingerprint density at radius 3 is 3.06 bits per heavy atom. The highest BCUT2D eigenvalue weighted by Crippen LogP contribution is 2.27. The number of nitrogens with zero attached hydrogens (tertiary/aromatic N) is 4. The lowest BCUT2D eigenvalue weighted by molar-refractivity contribution is -0.119. The Bertz CT molecular complexity index is 566. The van der Waals surface area contributed by atoms with Gasteiger partial charge in [0.05, 0.1) is 17.8 Å². The van der Waals surface area contributed by atoms with Gasteiger partial charge in [0.2, 0.25) is 5.91 Å². The molecular formula is C12H12N4O2. The molecule has 0 aliphatic carbocycles. The van der Waals surface area contributed by atoms with Gasteiger partial charge in [0, 0.05) is 25.4 Å². The standard InChI is InChI=1S/C12H12N4O2/c1-8-11-9(15-7-18-11)2-5-16(12(8)17)10-6-13-3-4-14-10/h3-4,6-8H,2,5H2,1H3. The van der Waals surface area contributed by atoms with E-state index in [0.29, 0.717) is 24.5 Å². The monoisotopic (exact) mass is 244 g/mol. The highest BCUT2D eigenvalue weighted by atomic mass is 16.3. The lowest BCUT2D eigenvalue weighted by atomic mass is 10.1. The second-order valence-corrected chi connectivity index (χ2v) is 4.19. The smallest absolute Gasteiger partial charge is 0.238 e. The quantitative estimate of drug-likeness (QED) is 0.752. The molecule has 1 atom stereocenters. The molecule has 2 aromatic rings. The van der Waals surface area contributed by atoms with Gasteiger partial charge in [-0.1, -0.05) is 0 Å². The first-order chi connectivity index (χ1) is 8.77. The maximum absolute atomic E-state index is 12.4. The number of amides is 1. The van der Waals surface area contributed by atoms with Gasteiger partial charge < -0.3 is 4.42 Å². The van der Waals surface area contributed by atoms with E-state index in [2.05, 4.69) is 15.0 Å². The summed E-state index contributed by atoms with van der Waals surface area (Å²) >= 11 is 0. The van der Waals surface area contributed by atoms with Crippen LogP contribution in [0.15, 0.2) is 29.4 Å². The molecule has 92 valence electrons. The number of hydrogen-bond donors (Lipinski definition) is 0. The topological polar surface area (TPSA) is 72.1 Å². The number of carbonyl (C=O) groups excluding carboxylic acids is 1. The van der Waals surface area contributed by atoms with E-state index >= 15 is 0 Å². The maximum atomic E-state index is 12.4. The fraction of sp³-hybridized carbons (Fsp3) is 0.333. The molecule has 18 heavy (non-hydrogen) atoms. The van der Waals surface area contributed by atoms with Crippen LogP contribution in [0.1, 0.15) is 24.3 Å². The maximum Gasteiger partial charge on any atom is 0.238 e. The van der Waals surface area contributed by atoms with Crippen LogP contribution in [0, 0.1) is 0 Å². The zero-order valence-electron chi connectivity index (χ0n) is 9.91. The molecule has 0 spiro atoms. The van der Waals surface area contributed by atoms with E-state index in [9.17, 15) is 4.79 Å². The van der Waals surface area contributed by atoms with Crippen LogP contribution < -0.4 is 4.90 Å². The van der Waals surface area contributed by atoms with Crippen molar-refractivity contribution in [2.24, 2.45) is 0 Å². The van der Waals surface area contributed by atoms with Crippen LogP contribution in [0.4, 0.5) is 5.82 Å². The minimum absolute atomic E-state index is 0.0361. The van der Waals surface area contributed by atoms with Crippen LogP contribution in [-0.2, 0) is 11.2 Å². The van der Waals surface area contributed by atoms with Crippen molar-refractivity contribution in [1.29, 1.82) is 0 Å². The first-order valence-electron chi connectivity index (χ1n) is 5.77. The van der Waals surface area contributed by atoms with Gasteiger partial charge in [0.25, 0.3) is 0 Å². The molecule has 3 rings (SSSR count). The predicted octanol–water partition coefficient (Wildman–Crippen LogP) is 1.16. The minimum Gasteiger partial charge on any atom is -0.447 e. The number of hydrogen-bond acceptors (Lipinski definition) is 5. The highest BCUT2D eigenvalue weighted by molar-refractivity contribution is 5.97. The summed E-state index contributed by atoms with van der Waals surface area (Å²) in [5, 5.41) is 0. The summed E-state index contributed by atoms with van der Waals surface area (Å²) < 4.78 is 5.31. The van der Waals surface area contributed by atoms with Crippen molar-refractivity contribution >= 4 is 11.7 Å². The molecule has 0 N–H and O–H groups in total. The molecule has 0 saturated heterocycles. The molecule has 3 heterocycles. The molecule has 0 bridgehead atoms. The van der Waals surface area contributed by atoms with E-state index in [-0.39, 0.29) is 11.8 Å². The molecule has 1 unspecified atom stereocenters. The molecule has 6 heteroatoms. The number of fused-ring (bicyclic) bond motifs is 1. The van der Waals surface area contributed by atoms with Crippen LogP contribution in [0.5, 0.6) is 0 Å². The third kappa shape index (κ3) is 1.66. The zero-order chi connectivity index (χ0) is 12.5. The Kier molecular flexibility index (Phi) is 2.55. The molecular weight excluding hydrogens is 232 g/mol. The molecule has 2 aromatic heterocycles. The number of oxazole rings is 1. The highest BCUT2D eigenvalue weighted by Gasteiger charge is 2.32. The van der Waals surface area contributed by atoms with E-state index in [4.69, 9.17) is 4.42 Å². The second kappa shape index (κ2) is 4.21. The van der Waals surface area contributed by atoms with Crippen LogP contribution in [0.3, 0.4) is 0 Å². The second-order valence-electron chi connectivity index (χ2n) is 4.19. The molecule has 0 aromatic carbocycles. The molecule has 1 aliphatic rings. The Hall–Kier alpha value is -2.24. The van der Waals surface area contributed by atoms with Gasteiger partial charge in [-0.15, -0.1) is 0 Å². The fourth-order valence-corrected chi connectivity index (χ4v) is 2.15. The minimum atomic E-state index is -0.341. The zero-order valence-corrected chi connectivity index (χ0v) is 9.91. The lowest BCUT2D eigenvalue weighted by Gasteiger charge is -2.20. The average Bonchev–Trinajstić information content (AvgIpc) is 2.83. The van der Waals surface area contributed by atoms with E-state index in [0.717, 1.165) is 5.69 Å². The normalized spacial score (nSPS) is 19.5. The van der Waals surface area contributed by atoms with Crippen molar-refractivity contribution in [3.63, 3.8) is 0 Å². The predicted molar refractivity (Wildman–Crippen MR) is 63.0 cm³/mol. The molecule has 1 amide bonds. The van der Waals surface area contributed by atoms with Gasteiger partial charge in [0.1, 0.15) is 5.76 Å². The van der Waals surface area contributed by atoms with Crippen molar-refractivity contribution in [1.82, 2.24) is 15.0 Å². The van der Waals surface area contributed by atoms with Gasteiger partial charge in [-0.05, 0) is 6.92 Å². The van der Waals surface area contributed by atoms with Gasteiger partial charge in [-0.25, -0.2) is 9.97 Å². The van der Waals surface area contributed by atoms with Crippen LogP contribution in [0.2, 0.25) is 0 Å². The number of carbonyl (C=O) groups is 1. The molecule has 6 nitrogen and oxygen atoms in total. The van der Waals surface area contributed by atoms with E-state index in [1.165, 1.54) is 6.39 Å². The van der Waals surface area contributed by atoms with Gasteiger partial charge >= 0.3 is 0 Å². The number of aromatic nitrogens is 3. The third-order valence-electron chi connectivity index (χ3n) is 3.10. The summed E-state index contributed by atoms with van der Waals surface area (Å²) in [5.41, 5.74) is 0.849. The summed E-state index contributed by atoms with van der Waals surface area (Å²) in [4.78, 5) is 26.3. The van der Waals surface area contributed by atoms with Gasteiger partial charge in [-0.3, -0.25) is 14.7 Å². The van der Waals surface area contributed by atoms with Crippen LogP contribution in [0.25, 0.3) is 0 Å². The summed E-state index contributed by atoms with van der Waals surface area (Å²) in [5.74, 6) is 0.851. The SMILES string of the molecule is CC1C(=O)N(c2cnccn2)CCc2ncoc21. The Morgan fingerprint density at radius 2 is 2.28 bits per heavy atom. The van der Waals surface area contributed by atoms with Crippen molar-refractivity contribution in [3.8, 4) is 0 Å². The number of anilines is 1. The largest absolute Gasteiger partial charge is 0.447 e. The summed E-state index contributed by atoms with van der Waals surface area (Å²) in [6.07, 6.45) is 6.81. The Balaban J connectivity index is 1.97. The molecule has 0 radical (unpaired) electrons. The summed E-state index contributed by atoms with van der Waals surface area (Å²) in [6, 6.07) is 0. The van der Waals surface area contributed by atoms with Gasteiger partial charge in [-0.2, -0.15) is 0 Å². The first-order valence-corrected chi connectivity index (χ1v) is 5.77. The van der Waals surface area contributed by atoms with Crippen LogP contribution in [-0.4, -0.2) is 27.4 Å². The summed E-state index contributed by atoms with van der Waals surface area (Å²) in [6.45, 7) is 2.36. The van der Waals surface area contributed by atoms with Crippen molar-refractivity contribution in [2.75, 3.05) is 11.4 Å². The molecule has 0 fully saturated rings. The van der Waals surface area contributed by atoms with Crippen molar-refractivity contribution in [3.05, 3.63) is 36.4 Å². The summed E-state index contributed by atoms with van der Waals surface area (Å²) in [7, 11) is 0. The van der Waals surface area contributed by atoms with E-state index < -0.39 is 0 Å². The van der Waals surface area contributed by atoms with E-state index in [1.54, 1.807) is 23.5 Å². The van der Waals surface area contributed by atoms with Crippen LogP contribution >= 0.6 is 0 Å². The first kappa shape index (κ1) is 10.9. The average molecular weight is 244 g/mol. The molecule has 1 aliphatic heterocycles. The molecule has 0 saturated carbocycles. The Labute approximate surface area is 104 Å². The van der Waals surface area contributed by atoms with E-state index in [1.807, 2.05) is 6.92 Å². The fourth-order valence-electron chi connectivity index (χ4n) is 2.15.